The number of allylic oxidation sites excluding steroid dienone is 2. The second-order valence-electron chi connectivity index (χ2n) is 10.6. The molecular weight excluding hydrogens is 504 g/mol. The van der Waals surface area contributed by atoms with Crippen LogP contribution < -0.4 is 10.6 Å². The Kier molecular flexibility index (Phi) is 8.37. The Balaban J connectivity index is 1.76. The number of aromatic nitrogens is 2. The van der Waals surface area contributed by atoms with Crippen molar-refractivity contribution in [2.75, 3.05) is 0 Å². The zero-order valence-electron chi connectivity index (χ0n) is 24.6. The minimum absolute atomic E-state index is 0.0323. The van der Waals surface area contributed by atoms with Crippen LogP contribution in [0.25, 0.3) is 12.2 Å². The maximum absolute atomic E-state index is 12.3. The number of carboxylic acids is 1. The lowest BCUT2D eigenvalue weighted by Gasteiger charge is -2.06. The first-order chi connectivity index (χ1) is 19.0. The third-order valence-electron chi connectivity index (χ3n) is 8.33. The minimum atomic E-state index is -0.839. The summed E-state index contributed by atoms with van der Waals surface area (Å²) in [6, 6.07) is 0. The van der Waals surface area contributed by atoms with E-state index < -0.39 is 5.97 Å². The fourth-order valence-electron chi connectivity index (χ4n) is 5.96. The Bertz CT molecular complexity index is 1520. The van der Waals surface area contributed by atoms with Crippen LogP contribution in [0.3, 0.4) is 0 Å². The average molecular weight is 545 g/mol. The molecule has 2 aromatic rings. The number of aliphatic carboxylic acids is 1. The van der Waals surface area contributed by atoms with Gasteiger partial charge in [0.05, 0.1) is 0 Å². The van der Waals surface area contributed by atoms with Crippen LogP contribution in [0.1, 0.15) is 98.9 Å². The molecule has 0 atom stereocenters. The van der Waals surface area contributed by atoms with Gasteiger partial charge in [0, 0.05) is 58.2 Å². The highest BCUT2D eigenvalue weighted by atomic mass is 16.4. The van der Waals surface area contributed by atoms with E-state index in [0.717, 1.165) is 92.4 Å². The summed E-state index contributed by atoms with van der Waals surface area (Å²) in [5.74, 6) is -0.970. The molecule has 2 aliphatic heterocycles. The summed E-state index contributed by atoms with van der Waals surface area (Å²) in [7, 11) is 0. The molecule has 0 aliphatic carbocycles. The number of aromatic amines is 2. The smallest absolute Gasteiger partial charge is 0.303 e. The van der Waals surface area contributed by atoms with Crippen molar-refractivity contribution < 1.29 is 19.5 Å². The number of carboxylic acid groups (broad SMARTS) is 1. The van der Waals surface area contributed by atoms with Crippen LogP contribution in [0.4, 0.5) is 0 Å². The predicted octanol–water partition coefficient (Wildman–Crippen LogP) is 5.52. The standard InChI is InChI=1S/C32H40N4O4/c1-8-20-16(4)24(13-27-21(9-2)18(6)31(39)35-27)33-26(20)15-29-23(11-12-30(37)38)17(5)25(34-29)14-28-22(10-3)19(7)32(40)36-28/h13-14,33-34H,8-12,15H2,1-7H3,(H,35,39)(H,36,40)(H,37,38)/b27-13+,28-14-. The molecule has 2 aromatic heterocycles. The topological polar surface area (TPSA) is 127 Å². The van der Waals surface area contributed by atoms with Crippen molar-refractivity contribution in [1.29, 1.82) is 0 Å². The molecular formula is C32H40N4O4. The van der Waals surface area contributed by atoms with E-state index in [1.165, 1.54) is 5.56 Å². The van der Waals surface area contributed by atoms with Crippen molar-refractivity contribution in [1.82, 2.24) is 20.6 Å². The number of hydrogen-bond acceptors (Lipinski definition) is 3. The molecule has 2 amide bonds. The van der Waals surface area contributed by atoms with Crippen molar-refractivity contribution in [3.63, 3.8) is 0 Å². The van der Waals surface area contributed by atoms with Crippen LogP contribution in [0.5, 0.6) is 0 Å². The van der Waals surface area contributed by atoms with Gasteiger partial charge in [-0.25, -0.2) is 0 Å². The molecule has 212 valence electrons. The van der Waals surface area contributed by atoms with Crippen molar-refractivity contribution in [2.24, 2.45) is 0 Å². The molecule has 0 unspecified atom stereocenters. The molecule has 8 heteroatoms. The summed E-state index contributed by atoms with van der Waals surface area (Å²) in [5, 5.41) is 15.4. The summed E-state index contributed by atoms with van der Waals surface area (Å²) in [4.78, 5) is 43.2. The van der Waals surface area contributed by atoms with Gasteiger partial charge in [0.25, 0.3) is 11.8 Å². The zero-order chi connectivity index (χ0) is 29.3. The highest BCUT2D eigenvalue weighted by Gasteiger charge is 2.25. The number of H-pyrrole nitrogens is 2. The molecule has 0 spiro atoms. The normalized spacial score (nSPS) is 17.6. The van der Waals surface area contributed by atoms with Gasteiger partial charge in [-0.15, -0.1) is 0 Å². The Morgan fingerprint density at radius 2 is 1.18 bits per heavy atom. The van der Waals surface area contributed by atoms with Crippen LogP contribution in [0.2, 0.25) is 0 Å². The van der Waals surface area contributed by atoms with E-state index >= 15 is 0 Å². The van der Waals surface area contributed by atoms with Gasteiger partial charge in [-0.2, -0.15) is 0 Å². The lowest BCUT2D eigenvalue weighted by atomic mass is 9.99. The summed E-state index contributed by atoms with van der Waals surface area (Å²) >= 11 is 0. The minimum Gasteiger partial charge on any atom is -0.481 e. The highest BCUT2D eigenvalue weighted by Crippen LogP contribution is 2.32. The average Bonchev–Trinajstić information content (AvgIpc) is 3.55. The molecule has 0 aromatic carbocycles. The quantitative estimate of drug-likeness (QED) is 0.270. The molecule has 4 heterocycles. The first-order valence-corrected chi connectivity index (χ1v) is 14.1. The maximum atomic E-state index is 12.3. The first-order valence-electron chi connectivity index (χ1n) is 14.1. The van der Waals surface area contributed by atoms with Gasteiger partial charge in [0.15, 0.2) is 0 Å². The van der Waals surface area contributed by atoms with Crippen LogP contribution in [0.15, 0.2) is 33.7 Å². The number of carbonyl (C=O) groups is 3. The third kappa shape index (κ3) is 5.35. The van der Waals surface area contributed by atoms with E-state index in [2.05, 4.69) is 34.4 Å². The van der Waals surface area contributed by atoms with Crippen LogP contribution in [-0.4, -0.2) is 32.9 Å². The van der Waals surface area contributed by atoms with Crippen LogP contribution in [0, 0.1) is 13.8 Å². The summed E-state index contributed by atoms with van der Waals surface area (Å²) in [6.07, 6.45) is 7.36. The molecule has 5 N–H and O–H groups in total. The second kappa shape index (κ2) is 11.6. The van der Waals surface area contributed by atoms with Crippen LogP contribution >= 0.6 is 0 Å². The zero-order valence-corrected chi connectivity index (χ0v) is 24.6. The first kappa shape index (κ1) is 28.9. The lowest BCUT2D eigenvalue weighted by molar-refractivity contribution is -0.137. The Morgan fingerprint density at radius 3 is 1.60 bits per heavy atom. The van der Waals surface area contributed by atoms with Gasteiger partial charge in [-0.3, -0.25) is 14.4 Å². The van der Waals surface area contributed by atoms with E-state index in [9.17, 15) is 19.5 Å². The van der Waals surface area contributed by atoms with Crippen molar-refractivity contribution in [3.05, 3.63) is 78.7 Å². The van der Waals surface area contributed by atoms with Gasteiger partial charge >= 0.3 is 5.97 Å². The third-order valence-corrected chi connectivity index (χ3v) is 8.33. The number of amides is 2. The number of nitrogens with one attached hydrogen (secondary N) is 4. The lowest BCUT2D eigenvalue weighted by Crippen LogP contribution is -2.15. The monoisotopic (exact) mass is 544 g/mol. The number of hydrogen-bond donors (Lipinski definition) is 5. The summed E-state index contributed by atoms with van der Waals surface area (Å²) < 4.78 is 0. The molecule has 0 saturated carbocycles. The van der Waals surface area contributed by atoms with Crippen LogP contribution in [-0.2, 0) is 33.6 Å². The largest absolute Gasteiger partial charge is 0.481 e. The van der Waals surface area contributed by atoms with Crippen molar-refractivity contribution >= 4 is 29.9 Å². The van der Waals surface area contributed by atoms with E-state index in [-0.39, 0.29) is 18.2 Å². The Hall–Kier alpha value is -4.07. The molecule has 8 nitrogen and oxygen atoms in total. The van der Waals surface area contributed by atoms with Crippen molar-refractivity contribution in [3.8, 4) is 0 Å². The molecule has 0 saturated heterocycles. The summed E-state index contributed by atoms with van der Waals surface area (Å²) in [6.45, 7) is 14.0. The predicted molar refractivity (Wildman–Crippen MR) is 157 cm³/mol. The van der Waals surface area contributed by atoms with Gasteiger partial charge < -0.3 is 25.7 Å². The number of carbonyl (C=O) groups excluding carboxylic acids is 2. The van der Waals surface area contributed by atoms with E-state index in [4.69, 9.17) is 0 Å². The summed E-state index contributed by atoms with van der Waals surface area (Å²) in [5.41, 5.74) is 13.3. The van der Waals surface area contributed by atoms with Crippen molar-refractivity contribution in [2.45, 2.75) is 87.0 Å². The highest BCUT2D eigenvalue weighted by molar-refractivity contribution is 6.01. The SMILES string of the molecule is CCC1=C(C)C(=O)N/C1=C\c1[nH]c(Cc2[nH]c(/C=C3/NC(=O)C(C)=C3CC)c(C)c2CC)c(CCC(=O)O)c1C. The maximum Gasteiger partial charge on any atom is 0.303 e. The molecule has 0 bridgehead atoms. The molecule has 0 fully saturated rings. The fraction of sp³-hybridized carbons (Fsp3) is 0.406. The molecule has 40 heavy (non-hydrogen) atoms. The van der Waals surface area contributed by atoms with E-state index in [1.807, 2.05) is 46.8 Å². The molecule has 0 radical (unpaired) electrons. The molecule has 2 aliphatic rings. The second-order valence-corrected chi connectivity index (χ2v) is 10.6. The van der Waals surface area contributed by atoms with Gasteiger partial charge in [-0.05, 0) is 98.9 Å². The van der Waals surface area contributed by atoms with Gasteiger partial charge in [0.1, 0.15) is 0 Å². The molecule has 4 rings (SSSR count). The fourth-order valence-corrected chi connectivity index (χ4v) is 5.96. The van der Waals surface area contributed by atoms with E-state index in [0.29, 0.717) is 12.8 Å². The van der Waals surface area contributed by atoms with Gasteiger partial charge in [-0.1, -0.05) is 20.8 Å². The number of rotatable bonds is 10. The Morgan fingerprint density at radius 1 is 0.725 bits per heavy atom. The van der Waals surface area contributed by atoms with E-state index in [1.54, 1.807) is 0 Å². The Labute approximate surface area is 235 Å². The van der Waals surface area contributed by atoms with Gasteiger partial charge in [0.2, 0.25) is 0 Å².